The van der Waals surface area contributed by atoms with Crippen LogP contribution in [-0.2, 0) is 16.0 Å². The van der Waals surface area contributed by atoms with Gasteiger partial charge in [0.15, 0.2) is 5.16 Å². The molecule has 1 N–H and O–H groups in total. The molecular weight excluding hydrogens is 523 g/mol. The van der Waals surface area contributed by atoms with Crippen molar-refractivity contribution in [3.05, 3.63) is 118 Å². The van der Waals surface area contributed by atoms with Gasteiger partial charge in [0.25, 0.3) is 5.56 Å². The van der Waals surface area contributed by atoms with Crippen LogP contribution >= 0.6 is 23.5 Å². The highest BCUT2D eigenvalue weighted by Crippen LogP contribution is 2.50. The van der Waals surface area contributed by atoms with Gasteiger partial charge in [-0.1, -0.05) is 84.9 Å². The summed E-state index contributed by atoms with van der Waals surface area (Å²) >= 11 is 2.92. The first-order valence-electron chi connectivity index (χ1n) is 13.1. The summed E-state index contributed by atoms with van der Waals surface area (Å²) in [6.07, 6.45) is 0.790. The maximum absolute atomic E-state index is 13.8. The Balaban J connectivity index is 1.35. The number of thioether (sulfide) groups is 2. The van der Waals surface area contributed by atoms with Gasteiger partial charge in [-0.15, -0.1) is 11.8 Å². The van der Waals surface area contributed by atoms with Gasteiger partial charge in [-0.2, -0.15) is 0 Å². The van der Waals surface area contributed by atoms with Crippen molar-refractivity contribution < 1.29 is 4.79 Å². The second-order valence-corrected chi connectivity index (χ2v) is 12.9. The first-order valence-corrected chi connectivity index (χ1v) is 15.0. The molecule has 0 radical (unpaired) electrons. The van der Waals surface area contributed by atoms with Crippen molar-refractivity contribution in [1.29, 1.82) is 0 Å². The van der Waals surface area contributed by atoms with E-state index in [0.29, 0.717) is 16.6 Å². The molecule has 5 nitrogen and oxygen atoms in total. The van der Waals surface area contributed by atoms with Crippen LogP contribution in [0.2, 0.25) is 0 Å². The number of benzene rings is 3. The van der Waals surface area contributed by atoms with E-state index in [9.17, 15) is 9.59 Å². The monoisotopic (exact) mass is 555 g/mol. The highest BCUT2D eigenvalue weighted by Gasteiger charge is 2.47. The van der Waals surface area contributed by atoms with Gasteiger partial charge in [-0.25, -0.2) is 4.98 Å². The first kappa shape index (κ1) is 27.3. The number of carbonyl (C=O) groups excluding carboxylic acids is 1. The quantitative estimate of drug-likeness (QED) is 0.197. The van der Waals surface area contributed by atoms with E-state index in [4.69, 9.17) is 0 Å². The smallest absolute Gasteiger partial charge is 0.251 e. The van der Waals surface area contributed by atoms with Gasteiger partial charge >= 0.3 is 0 Å². The summed E-state index contributed by atoms with van der Waals surface area (Å²) in [4.78, 5) is 36.7. The molecule has 1 amide bonds. The third-order valence-electron chi connectivity index (χ3n) is 7.30. The van der Waals surface area contributed by atoms with Gasteiger partial charge in [0.1, 0.15) is 0 Å². The van der Waals surface area contributed by atoms with Crippen molar-refractivity contribution in [2.75, 3.05) is 10.7 Å². The average molecular weight is 556 g/mol. The van der Waals surface area contributed by atoms with Gasteiger partial charge in [-0.3, -0.25) is 9.59 Å². The summed E-state index contributed by atoms with van der Waals surface area (Å²) < 4.78 is 0. The summed E-state index contributed by atoms with van der Waals surface area (Å²) in [6, 6.07) is 28.6. The molecule has 0 saturated heterocycles. The van der Waals surface area contributed by atoms with E-state index in [1.165, 1.54) is 29.0 Å². The minimum Gasteiger partial charge on any atom is -0.306 e. The Bertz CT molecular complexity index is 1530. The van der Waals surface area contributed by atoms with Crippen LogP contribution in [0, 0.1) is 6.92 Å². The maximum Gasteiger partial charge on any atom is 0.251 e. The lowest BCUT2D eigenvalue weighted by atomic mass is 9.65. The highest BCUT2D eigenvalue weighted by atomic mass is 32.2. The standard InChI is InChI=1S/C32H33N3O2S2/c1-22-14-16-25(17-15-22)38-19-24-18-28(36)34-30(33-24)39-20-29(37)35-27-13-9-8-12-26(27)32(4,21-31(35,2)3)23-10-6-5-7-11-23/h5-18H,19-21H2,1-4H3,(H,33,34,36). The van der Waals surface area contributed by atoms with Gasteiger partial charge in [0.2, 0.25) is 5.91 Å². The minimum absolute atomic E-state index is 0.00496. The number of aromatic amines is 1. The van der Waals surface area contributed by atoms with E-state index >= 15 is 0 Å². The Morgan fingerprint density at radius 2 is 1.64 bits per heavy atom. The molecule has 7 heteroatoms. The van der Waals surface area contributed by atoms with Crippen molar-refractivity contribution in [2.24, 2.45) is 0 Å². The molecule has 1 aliphatic rings. The lowest BCUT2D eigenvalue weighted by Gasteiger charge is -2.51. The number of amides is 1. The Labute approximate surface area is 238 Å². The van der Waals surface area contributed by atoms with Crippen LogP contribution in [0.15, 0.2) is 99.8 Å². The van der Waals surface area contributed by atoms with Crippen molar-refractivity contribution in [3.8, 4) is 0 Å². The van der Waals surface area contributed by atoms with Crippen LogP contribution in [0.5, 0.6) is 0 Å². The third-order valence-corrected chi connectivity index (χ3v) is 9.21. The molecule has 3 aromatic carbocycles. The fraction of sp³-hybridized carbons (Fsp3) is 0.281. The van der Waals surface area contributed by atoms with Crippen LogP contribution in [0.4, 0.5) is 5.69 Å². The first-order chi connectivity index (χ1) is 18.7. The predicted octanol–water partition coefficient (Wildman–Crippen LogP) is 6.98. The van der Waals surface area contributed by atoms with Crippen LogP contribution < -0.4 is 10.5 Å². The maximum atomic E-state index is 13.8. The molecule has 1 atom stereocenters. The zero-order chi connectivity index (χ0) is 27.6. The number of fused-ring (bicyclic) bond motifs is 1. The number of nitrogens with zero attached hydrogens (tertiary/aromatic N) is 2. The highest BCUT2D eigenvalue weighted by molar-refractivity contribution is 7.99. The Morgan fingerprint density at radius 1 is 0.949 bits per heavy atom. The number of nitrogens with one attached hydrogen (secondary N) is 1. The third kappa shape index (κ3) is 5.85. The number of para-hydroxylation sites is 1. The molecule has 5 rings (SSSR count). The summed E-state index contributed by atoms with van der Waals surface area (Å²) in [7, 11) is 0. The molecule has 1 unspecified atom stereocenters. The summed E-state index contributed by atoms with van der Waals surface area (Å²) in [5.74, 6) is 0.755. The molecule has 0 bridgehead atoms. The van der Waals surface area contributed by atoms with Crippen LogP contribution in [-0.4, -0.2) is 27.2 Å². The van der Waals surface area contributed by atoms with Gasteiger partial charge in [0.05, 0.1) is 11.4 Å². The largest absolute Gasteiger partial charge is 0.306 e. The van der Waals surface area contributed by atoms with E-state index in [2.05, 4.69) is 92.3 Å². The lowest BCUT2D eigenvalue weighted by Crippen LogP contribution is -2.56. The summed E-state index contributed by atoms with van der Waals surface area (Å²) in [5.41, 5.74) is 4.40. The molecule has 1 aromatic heterocycles. The second-order valence-electron chi connectivity index (χ2n) is 10.9. The molecule has 0 fully saturated rings. The molecule has 0 aliphatic carbocycles. The SMILES string of the molecule is Cc1ccc(SCc2cc(=O)[nH]c(SCC(=O)N3c4ccccc4C(C)(c4ccccc4)CC3(C)C)n2)cc1. The number of hydrogen-bond donors (Lipinski definition) is 1. The minimum atomic E-state index is -0.413. The zero-order valence-electron chi connectivity index (χ0n) is 22.7. The molecule has 39 heavy (non-hydrogen) atoms. The molecule has 0 spiro atoms. The van der Waals surface area contributed by atoms with Crippen LogP contribution in [0.1, 0.15) is 49.6 Å². The number of rotatable bonds is 7. The average Bonchev–Trinajstić information content (AvgIpc) is 2.91. The Morgan fingerprint density at radius 3 is 2.38 bits per heavy atom. The molecular formula is C32H33N3O2S2. The van der Waals surface area contributed by atoms with Crippen molar-refractivity contribution in [3.63, 3.8) is 0 Å². The molecule has 1 aliphatic heterocycles. The van der Waals surface area contributed by atoms with E-state index in [1.54, 1.807) is 11.8 Å². The normalized spacial score (nSPS) is 18.0. The van der Waals surface area contributed by atoms with E-state index in [-0.39, 0.29) is 22.6 Å². The van der Waals surface area contributed by atoms with Crippen molar-refractivity contribution in [1.82, 2.24) is 9.97 Å². The van der Waals surface area contributed by atoms with Gasteiger partial charge in [0, 0.05) is 33.4 Å². The van der Waals surface area contributed by atoms with Crippen molar-refractivity contribution in [2.45, 2.75) is 60.9 Å². The fourth-order valence-corrected chi connectivity index (χ4v) is 7.18. The van der Waals surface area contributed by atoms with Crippen molar-refractivity contribution >= 4 is 35.1 Å². The van der Waals surface area contributed by atoms with Crippen LogP contribution in [0.3, 0.4) is 0 Å². The Hall–Kier alpha value is -3.29. The van der Waals surface area contributed by atoms with Crippen LogP contribution in [0.25, 0.3) is 0 Å². The van der Waals surface area contributed by atoms with Gasteiger partial charge in [-0.05, 0) is 56.5 Å². The number of aryl methyl sites for hydroxylation is 1. The lowest BCUT2D eigenvalue weighted by molar-refractivity contribution is -0.117. The van der Waals surface area contributed by atoms with Gasteiger partial charge < -0.3 is 9.88 Å². The Kier molecular flexibility index (Phi) is 7.74. The molecule has 4 aromatic rings. The van der Waals surface area contributed by atoms with E-state index in [1.807, 2.05) is 29.2 Å². The predicted molar refractivity (Wildman–Crippen MR) is 162 cm³/mol. The molecule has 0 saturated carbocycles. The topological polar surface area (TPSA) is 66.1 Å². The molecule has 2 heterocycles. The number of aromatic nitrogens is 2. The number of hydrogen-bond acceptors (Lipinski definition) is 5. The second kappa shape index (κ2) is 11.1. The number of H-pyrrole nitrogens is 1. The van der Waals surface area contributed by atoms with E-state index in [0.717, 1.165) is 22.6 Å². The number of carbonyl (C=O) groups is 1. The summed E-state index contributed by atoms with van der Waals surface area (Å²) in [6.45, 7) is 8.60. The molecule has 200 valence electrons. The fourth-order valence-electron chi connectivity index (χ4n) is 5.65. The number of anilines is 1. The summed E-state index contributed by atoms with van der Waals surface area (Å²) in [5, 5.41) is 0.465. The zero-order valence-corrected chi connectivity index (χ0v) is 24.4. The van der Waals surface area contributed by atoms with E-state index < -0.39 is 5.54 Å².